The maximum absolute atomic E-state index is 13.1. The quantitative estimate of drug-likeness (QED) is 0.735. The van der Waals surface area contributed by atoms with Crippen LogP contribution in [0.2, 0.25) is 5.02 Å². The number of hydrogen-bond acceptors (Lipinski definition) is 5. The minimum Gasteiger partial charge on any atom is -0.384 e. The van der Waals surface area contributed by atoms with Crippen LogP contribution in [0.25, 0.3) is 0 Å². The molecule has 0 radical (unpaired) electrons. The highest BCUT2D eigenvalue weighted by Gasteiger charge is 2.32. The molecule has 1 aliphatic carbocycles. The van der Waals surface area contributed by atoms with Gasteiger partial charge in [0.2, 0.25) is 0 Å². The normalized spacial score (nSPS) is 22.4. The van der Waals surface area contributed by atoms with E-state index in [-0.39, 0.29) is 17.9 Å². The molecule has 6 nitrogen and oxygen atoms in total. The van der Waals surface area contributed by atoms with Crippen molar-refractivity contribution in [2.24, 2.45) is 5.73 Å². The molecule has 1 aromatic heterocycles. The Morgan fingerprint density at radius 3 is 3.04 bits per heavy atom. The number of carbonyl (C=O) groups is 1. The average Bonchev–Trinajstić information content (AvgIpc) is 2.90. The number of aromatic nitrogens is 2. The molecule has 1 aromatic carbocycles. The summed E-state index contributed by atoms with van der Waals surface area (Å²) in [5, 5.41) is 8.38. The molecule has 0 fully saturated rings. The lowest BCUT2D eigenvalue weighted by molar-refractivity contribution is 0.0859. The zero-order valence-electron chi connectivity index (χ0n) is 13.3. The number of nitrogens with one attached hydrogen (secondary N) is 1. The number of nitrogens with zero attached hydrogens (tertiary/aromatic N) is 2. The third kappa shape index (κ3) is 2.37. The molecule has 0 saturated heterocycles. The lowest BCUT2D eigenvalue weighted by Crippen LogP contribution is -2.28. The zero-order chi connectivity index (χ0) is 16.8. The summed E-state index contributed by atoms with van der Waals surface area (Å²) < 4.78 is 1.38. The maximum Gasteiger partial charge on any atom is 0.256 e. The van der Waals surface area contributed by atoms with Crippen molar-refractivity contribution in [1.29, 1.82) is 0 Å². The standard InChI is InChI=1S/C17H20ClN5O/c18-13-3-1-2-10-11(6-7-21-15(10)13)17(24)23-16(20)12-5-4-9(19)8-14(12)22-23/h1-3,9,11,21H,4-8,19-20H2/t9-,11?/m1/s1. The summed E-state index contributed by atoms with van der Waals surface area (Å²) in [5.41, 5.74) is 15.8. The van der Waals surface area contributed by atoms with Crippen LogP contribution in [-0.4, -0.2) is 28.3 Å². The Kier molecular flexibility index (Phi) is 3.73. The molecule has 1 aliphatic heterocycles. The lowest BCUT2D eigenvalue weighted by atomic mass is 9.90. The molecule has 0 spiro atoms. The number of anilines is 2. The number of carbonyl (C=O) groups excluding carboxylic acids is 1. The number of hydrogen-bond donors (Lipinski definition) is 3. The van der Waals surface area contributed by atoms with Gasteiger partial charge < -0.3 is 16.8 Å². The maximum atomic E-state index is 13.1. The summed E-state index contributed by atoms with van der Waals surface area (Å²) in [7, 11) is 0. The average molecular weight is 346 g/mol. The van der Waals surface area contributed by atoms with E-state index in [1.807, 2.05) is 18.2 Å². The SMILES string of the molecule is Nc1c2c(nn1C(=O)C1CCNc3c(Cl)cccc31)C[C@H](N)CC2. The first-order valence-corrected chi connectivity index (χ1v) is 8.62. The number of fused-ring (bicyclic) bond motifs is 2. The Balaban J connectivity index is 1.73. The smallest absolute Gasteiger partial charge is 0.256 e. The highest BCUT2D eigenvalue weighted by atomic mass is 35.5. The monoisotopic (exact) mass is 345 g/mol. The molecular formula is C17H20ClN5O. The zero-order valence-corrected chi connectivity index (χ0v) is 14.0. The van der Waals surface area contributed by atoms with Gasteiger partial charge in [-0.15, -0.1) is 0 Å². The van der Waals surface area contributed by atoms with Gasteiger partial charge in [-0.2, -0.15) is 9.78 Å². The van der Waals surface area contributed by atoms with Crippen molar-refractivity contribution < 1.29 is 4.79 Å². The van der Waals surface area contributed by atoms with Crippen LogP contribution in [-0.2, 0) is 12.8 Å². The molecule has 2 aromatic rings. The number of nitrogens with two attached hydrogens (primary N) is 2. The highest BCUT2D eigenvalue weighted by molar-refractivity contribution is 6.33. The molecule has 2 aliphatic rings. The predicted octanol–water partition coefficient (Wildman–Crippen LogP) is 2.17. The van der Waals surface area contributed by atoms with E-state index in [0.717, 1.165) is 35.3 Å². The van der Waals surface area contributed by atoms with Crippen molar-refractivity contribution in [1.82, 2.24) is 9.78 Å². The van der Waals surface area contributed by atoms with Gasteiger partial charge >= 0.3 is 0 Å². The summed E-state index contributed by atoms with van der Waals surface area (Å²) in [6.07, 6.45) is 3.03. The van der Waals surface area contributed by atoms with Crippen molar-refractivity contribution >= 4 is 29.0 Å². The first-order chi connectivity index (χ1) is 11.6. The van der Waals surface area contributed by atoms with Crippen molar-refractivity contribution in [3.63, 3.8) is 0 Å². The van der Waals surface area contributed by atoms with E-state index in [9.17, 15) is 4.79 Å². The topological polar surface area (TPSA) is 99.0 Å². The fourth-order valence-corrected chi connectivity index (χ4v) is 3.96. The van der Waals surface area contributed by atoms with Crippen LogP contribution < -0.4 is 16.8 Å². The first kappa shape index (κ1) is 15.5. The summed E-state index contributed by atoms with van der Waals surface area (Å²) in [4.78, 5) is 13.1. The van der Waals surface area contributed by atoms with Gasteiger partial charge in [0.15, 0.2) is 0 Å². The minimum absolute atomic E-state index is 0.0914. The van der Waals surface area contributed by atoms with Crippen molar-refractivity contribution in [2.75, 3.05) is 17.6 Å². The highest BCUT2D eigenvalue weighted by Crippen LogP contribution is 2.38. The first-order valence-electron chi connectivity index (χ1n) is 8.24. The largest absolute Gasteiger partial charge is 0.384 e. The second kappa shape index (κ2) is 5.79. The van der Waals surface area contributed by atoms with Gasteiger partial charge in [0.05, 0.1) is 22.3 Å². The fourth-order valence-electron chi connectivity index (χ4n) is 3.71. The molecule has 7 heteroatoms. The van der Waals surface area contributed by atoms with E-state index in [1.54, 1.807) is 0 Å². The molecule has 2 heterocycles. The number of halogens is 1. The summed E-state index contributed by atoms with van der Waals surface area (Å²) in [6.45, 7) is 0.693. The van der Waals surface area contributed by atoms with Crippen LogP contribution in [0.3, 0.4) is 0 Å². The molecule has 24 heavy (non-hydrogen) atoms. The number of benzene rings is 1. The van der Waals surface area contributed by atoms with E-state index in [0.29, 0.717) is 30.2 Å². The van der Waals surface area contributed by atoms with Gasteiger partial charge in [-0.1, -0.05) is 23.7 Å². The van der Waals surface area contributed by atoms with Gasteiger partial charge in [-0.3, -0.25) is 4.79 Å². The van der Waals surface area contributed by atoms with E-state index in [2.05, 4.69) is 10.4 Å². The Hall–Kier alpha value is -2.05. The molecule has 126 valence electrons. The Morgan fingerprint density at radius 2 is 2.21 bits per heavy atom. The lowest BCUT2D eigenvalue weighted by Gasteiger charge is -2.26. The summed E-state index contributed by atoms with van der Waals surface area (Å²) in [6, 6.07) is 5.72. The Labute approximate surface area is 145 Å². The van der Waals surface area contributed by atoms with E-state index >= 15 is 0 Å². The predicted molar refractivity (Wildman–Crippen MR) is 94.6 cm³/mol. The third-order valence-corrected chi connectivity index (χ3v) is 5.30. The summed E-state index contributed by atoms with van der Waals surface area (Å²) in [5.74, 6) is 0.0711. The summed E-state index contributed by atoms with van der Waals surface area (Å²) >= 11 is 6.25. The Bertz CT molecular complexity index is 816. The number of para-hydroxylation sites is 1. The molecule has 0 amide bonds. The van der Waals surface area contributed by atoms with Gasteiger partial charge in [-0.05, 0) is 30.9 Å². The van der Waals surface area contributed by atoms with Crippen LogP contribution in [0, 0.1) is 0 Å². The molecule has 0 bridgehead atoms. The van der Waals surface area contributed by atoms with Gasteiger partial charge in [0.1, 0.15) is 5.82 Å². The van der Waals surface area contributed by atoms with E-state index in [1.165, 1.54) is 4.68 Å². The third-order valence-electron chi connectivity index (χ3n) is 4.99. The molecule has 0 saturated carbocycles. The van der Waals surface area contributed by atoms with Crippen LogP contribution in [0.15, 0.2) is 18.2 Å². The van der Waals surface area contributed by atoms with Crippen LogP contribution in [0.4, 0.5) is 11.5 Å². The molecule has 4 rings (SSSR count). The molecule has 1 unspecified atom stereocenters. The van der Waals surface area contributed by atoms with Crippen LogP contribution in [0.1, 0.15) is 40.4 Å². The van der Waals surface area contributed by atoms with Gasteiger partial charge in [0, 0.05) is 24.6 Å². The van der Waals surface area contributed by atoms with Crippen molar-refractivity contribution in [2.45, 2.75) is 37.6 Å². The van der Waals surface area contributed by atoms with Gasteiger partial charge in [-0.25, -0.2) is 0 Å². The van der Waals surface area contributed by atoms with Crippen LogP contribution in [0.5, 0.6) is 0 Å². The van der Waals surface area contributed by atoms with Crippen molar-refractivity contribution in [3.05, 3.63) is 40.0 Å². The van der Waals surface area contributed by atoms with E-state index < -0.39 is 0 Å². The second-order valence-corrected chi connectivity index (χ2v) is 6.94. The number of rotatable bonds is 1. The molecule has 2 atom stereocenters. The van der Waals surface area contributed by atoms with Crippen molar-refractivity contribution in [3.8, 4) is 0 Å². The van der Waals surface area contributed by atoms with Gasteiger partial charge in [0.25, 0.3) is 5.91 Å². The number of nitrogen functional groups attached to an aromatic ring is 1. The molecular weight excluding hydrogens is 326 g/mol. The van der Waals surface area contributed by atoms with E-state index in [4.69, 9.17) is 23.1 Å². The van der Waals surface area contributed by atoms with Crippen LogP contribution >= 0.6 is 11.6 Å². The molecule has 5 N–H and O–H groups in total. The Morgan fingerprint density at radius 1 is 1.38 bits per heavy atom. The minimum atomic E-state index is -0.294. The second-order valence-electron chi connectivity index (χ2n) is 6.54. The fraction of sp³-hybridized carbons (Fsp3) is 0.412.